The summed E-state index contributed by atoms with van der Waals surface area (Å²) in [5.41, 5.74) is 0.603. The first-order valence-electron chi connectivity index (χ1n) is 8.56. The third-order valence-electron chi connectivity index (χ3n) is 4.50. The number of fused-ring (bicyclic) bond motifs is 1. The topological polar surface area (TPSA) is 76.2 Å². The standard InChI is InChI=1S/C18H22N2O5/c1-2-24-18(23)13-6-5-9-19(10-13)16(21)11-20-14-7-3-4-8-15(14)25-12-17(20)22/h3-4,7-8,13H,2,5-6,9-12H2,1H3/t13-/m0/s1. The number of benzene rings is 1. The molecule has 0 aromatic heterocycles. The van der Waals surface area contributed by atoms with Gasteiger partial charge in [0.15, 0.2) is 6.61 Å². The quantitative estimate of drug-likeness (QED) is 0.766. The largest absolute Gasteiger partial charge is 0.482 e. The lowest BCUT2D eigenvalue weighted by atomic mass is 9.98. The molecule has 1 aromatic rings. The van der Waals surface area contributed by atoms with Crippen molar-refractivity contribution in [2.45, 2.75) is 19.8 Å². The van der Waals surface area contributed by atoms with Gasteiger partial charge in [0.1, 0.15) is 12.3 Å². The van der Waals surface area contributed by atoms with Gasteiger partial charge in [0.05, 0.1) is 18.2 Å². The Kier molecular flexibility index (Phi) is 5.21. The number of carbonyl (C=O) groups is 3. The summed E-state index contributed by atoms with van der Waals surface area (Å²) in [5, 5.41) is 0. The number of ether oxygens (including phenoxy) is 2. The molecule has 7 heteroatoms. The van der Waals surface area contributed by atoms with Gasteiger partial charge in [0.25, 0.3) is 5.91 Å². The van der Waals surface area contributed by atoms with Gasteiger partial charge >= 0.3 is 5.97 Å². The van der Waals surface area contributed by atoms with Crippen LogP contribution in [-0.4, -0.2) is 55.5 Å². The Bertz CT molecular complexity index is 675. The van der Waals surface area contributed by atoms with Gasteiger partial charge in [0, 0.05) is 13.1 Å². The highest BCUT2D eigenvalue weighted by molar-refractivity contribution is 6.02. The number of likely N-dealkylation sites (tertiary alicyclic amines) is 1. The van der Waals surface area contributed by atoms with E-state index >= 15 is 0 Å². The van der Waals surface area contributed by atoms with E-state index in [4.69, 9.17) is 9.47 Å². The number of carbonyl (C=O) groups excluding carboxylic acids is 3. The lowest BCUT2D eigenvalue weighted by molar-refractivity contribution is -0.151. The average Bonchev–Trinajstić information content (AvgIpc) is 2.64. The fourth-order valence-electron chi connectivity index (χ4n) is 3.22. The smallest absolute Gasteiger partial charge is 0.310 e. The third kappa shape index (κ3) is 3.75. The normalized spacial score (nSPS) is 19.9. The zero-order valence-corrected chi connectivity index (χ0v) is 14.3. The summed E-state index contributed by atoms with van der Waals surface area (Å²) in [7, 11) is 0. The van der Waals surface area contributed by atoms with Crippen LogP contribution >= 0.6 is 0 Å². The zero-order chi connectivity index (χ0) is 17.8. The van der Waals surface area contributed by atoms with E-state index in [9.17, 15) is 14.4 Å². The third-order valence-corrected chi connectivity index (χ3v) is 4.50. The molecule has 0 aliphatic carbocycles. The Labute approximate surface area is 146 Å². The summed E-state index contributed by atoms with van der Waals surface area (Å²) in [6.07, 6.45) is 1.48. The maximum atomic E-state index is 12.7. The Morgan fingerprint density at radius 2 is 2.12 bits per heavy atom. The summed E-state index contributed by atoms with van der Waals surface area (Å²) >= 11 is 0. The van der Waals surface area contributed by atoms with E-state index in [1.807, 2.05) is 6.07 Å². The monoisotopic (exact) mass is 346 g/mol. The molecule has 2 amide bonds. The molecule has 2 aliphatic rings. The highest BCUT2D eigenvalue weighted by Gasteiger charge is 2.32. The number of amides is 2. The number of para-hydroxylation sites is 2. The van der Waals surface area contributed by atoms with E-state index in [1.165, 1.54) is 4.90 Å². The van der Waals surface area contributed by atoms with Crippen LogP contribution in [0.2, 0.25) is 0 Å². The van der Waals surface area contributed by atoms with E-state index < -0.39 is 0 Å². The fourth-order valence-corrected chi connectivity index (χ4v) is 3.22. The van der Waals surface area contributed by atoms with Crippen LogP contribution < -0.4 is 9.64 Å². The van der Waals surface area contributed by atoms with E-state index in [0.29, 0.717) is 31.1 Å². The second kappa shape index (κ2) is 7.55. The minimum Gasteiger partial charge on any atom is -0.482 e. The molecule has 0 unspecified atom stereocenters. The second-order valence-corrected chi connectivity index (χ2v) is 6.17. The second-order valence-electron chi connectivity index (χ2n) is 6.17. The van der Waals surface area contributed by atoms with Gasteiger partial charge in [-0.15, -0.1) is 0 Å². The van der Waals surface area contributed by atoms with Crippen LogP contribution in [-0.2, 0) is 19.1 Å². The first kappa shape index (κ1) is 17.3. The van der Waals surface area contributed by atoms with Crippen molar-refractivity contribution in [1.29, 1.82) is 0 Å². The summed E-state index contributed by atoms with van der Waals surface area (Å²) in [6, 6.07) is 7.16. The first-order chi connectivity index (χ1) is 12.1. The molecule has 0 N–H and O–H groups in total. The summed E-state index contributed by atoms with van der Waals surface area (Å²) in [6.45, 7) is 2.92. The SMILES string of the molecule is CCOC(=O)[C@H]1CCCN(C(=O)CN2C(=O)COc3ccccc32)C1. The molecule has 2 aliphatic heterocycles. The number of anilines is 1. The van der Waals surface area contributed by atoms with Crippen molar-refractivity contribution in [3.05, 3.63) is 24.3 Å². The molecule has 2 heterocycles. The highest BCUT2D eigenvalue weighted by Crippen LogP contribution is 2.31. The molecule has 3 rings (SSSR count). The molecule has 7 nitrogen and oxygen atoms in total. The molecule has 0 radical (unpaired) electrons. The number of hydrogen-bond donors (Lipinski definition) is 0. The number of rotatable bonds is 4. The fraction of sp³-hybridized carbons (Fsp3) is 0.500. The van der Waals surface area contributed by atoms with Crippen molar-refractivity contribution in [2.24, 2.45) is 5.92 Å². The zero-order valence-electron chi connectivity index (χ0n) is 14.3. The highest BCUT2D eigenvalue weighted by atomic mass is 16.5. The van der Waals surface area contributed by atoms with Crippen LogP contribution in [0.3, 0.4) is 0 Å². The minimum atomic E-state index is -0.287. The predicted octanol–water partition coefficient (Wildman–Crippen LogP) is 1.21. The number of hydrogen-bond acceptors (Lipinski definition) is 5. The van der Waals surface area contributed by atoms with Gasteiger partial charge in [-0.3, -0.25) is 19.3 Å². The van der Waals surface area contributed by atoms with Crippen LogP contribution in [0.4, 0.5) is 5.69 Å². The van der Waals surface area contributed by atoms with Gasteiger partial charge in [0.2, 0.25) is 5.91 Å². The van der Waals surface area contributed by atoms with Crippen molar-refractivity contribution in [3.63, 3.8) is 0 Å². The molecule has 25 heavy (non-hydrogen) atoms. The van der Waals surface area contributed by atoms with Crippen LogP contribution in [0.5, 0.6) is 5.75 Å². The first-order valence-corrected chi connectivity index (χ1v) is 8.56. The predicted molar refractivity (Wildman–Crippen MR) is 90.2 cm³/mol. The van der Waals surface area contributed by atoms with E-state index in [-0.39, 0.29) is 36.9 Å². The lowest BCUT2D eigenvalue weighted by Crippen LogP contribution is -2.49. The lowest BCUT2D eigenvalue weighted by Gasteiger charge is -2.34. The molecule has 1 saturated heterocycles. The van der Waals surface area contributed by atoms with Crippen molar-refractivity contribution in [2.75, 3.05) is 37.7 Å². The van der Waals surface area contributed by atoms with Crippen LogP contribution in [0.25, 0.3) is 0 Å². The van der Waals surface area contributed by atoms with Crippen LogP contribution in [0.1, 0.15) is 19.8 Å². The van der Waals surface area contributed by atoms with E-state index in [1.54, 1.807) is 30.0 Å². The molecular weight excluding hydrogens is 324 g/mol. The maximum absolute atomic E-state index is 12.7. The molecule has 0 saturated carbocycles. The van der Waals surface area contributed by atoms with Gasteiger partial charge in [-0.25, -0.2) is 0 Å². The molecule has 0 bridgehead atoms. The molecule has 1 fully saturated rings. The minimum absolute atomic E-state index is 0.0469. The summed E-state index contributed by atoms with van der Waals surface area (Å²) in [4.78, 5) is 39.9. The average molecular weight is 346 g/mol. The number of piperidine rings is 1. The Balaban J connectivity index is 1.68. The van der Waals surface area contributed by atoms with Gasteiger partial charge in [-0.2, -0.15) is 0 Å². The van der Waals surface area contributed by atoms with E-state index in [2.05, 4.69) is 0 Å². The molecular formula is C18H22N2O5. The van der Waals surface area contributed by atoms with Crippen molar-refractivity contribution < 1.29 is 23.9 Å². The Morgan fingerprint density at radius 1 is 1.32 bits per heavy atom. The van der Waals surface area contributed by atoms with Crippen molar-refractivity contribution in [1.82, 2.24) is 4.90 Å². The Hall–Kier alpha value is -2.57. The van der Waals surface area contributed by atoms with Gasteiger partial charge in [-0.1, -0.05) is 12.1 Å². The molecule has 134 valence electrons. The summed E-state index contributed by atoms with van der Waals surface area (Å²) in [5.74, 6) is -0.360. The molecule has 1 atom stereocenters. The Morgan fingerprint density at radius 3 is 2.92 bits per heavy atom. The molecule has 0 spiro atoms. The maximum Gasteiger partial charge on any atom is 0.310 e. The van der Waals surface area contributed by atoms with E-state index in [0.717, 1.165) is 12.8 Å². The summed E-state index contributed by atoms with van der Waals surface area (Å²) < 4.78 is 10.5. The van der Waals surface area contributed by atoms with Gasteiger partial charge in [-0.05, 0) is 31.9 Å². The van der Waals surface area contributed by atoms with Crippen LogP contribution in [0, 0.1) is 5.92 Å². The van der Waals surface area contributed by atoms with Crippen molar-refractivity contribution in [3.8, 4) is 5.75 Å². The van der Waals surface area contributed by atoms with Crippen LogP contribution in [0.15, 0.2) is 24.3 Å². The number of esters is 1. The van der Waals surface area contributed by atoms with Crippen molar-refractivity contribution >= 4 is 23.5 Å². The van der Waals surface area contributed by atoms with Gasteiger partial charge < -0.3 is 14.4 Å². The number of nitrogens with zero attached hydrogens (tertiary/aromatic N) is 2. The molecule has 1 aromatic carbocycles.